The van der Waals surface area contributed by atoms with Gasteiger partial charge in [-0.05, 0) is 18.1 Å². The minimum Gasteiger partial charge on any atom is -0.379 e. The van der Waals surface area contributed by atoms with E-state index in [-0.39, 0.29) is 0 Å². The van der Waals surface area contributed by atoms with Crippen LogP contribution >= 0.6 is 11.6 Å². The normalized spacial score (nSPS) is 15.6. The van der Waals surface area contributed by atoms with Crippen molar-refractivity contribution in [3.63, 3.8) is 0 Å². The molecule has 3 rings (SSSR count). The molecule has 0 unspecified atom stereocenters. The molecule has 2 aromatic rings. The molecule has 1 fully saturated rings. The van der Waals surface area contributed by atoms with Gasteiger partial charge in [0.1, 0.15) is 16.8 Å². The maximum Gasteiger partial charge on any atom is 0.134 e. The molecule has 1 N–H and O–H groups in total. The van der Waals surface area contributed by atoms with Gasteiger partial charge >= 0.3 is 0 Å². The first-order valence-electron chi connectivity index (χ1n) is 7.82. The van der Waals surface area contributed by atoms with Crippen molar-refractivity contribution in [1.29, 1.82) is 0 Å². The summed E-state index contributed by atoms with van der Waals surface area (Å²) in [6.45, 7) is 7.12. The molecule has 0 aliphatic carbocycles. The number of halogens is 1. The number of nitrogens with one attached hydrogen (secondary N) is 1. The van der Waals surface area contributed by atoms with E-state index in [0.29, 0.717) is 17.5 Å². The third-order valence-corrected chi connectivity index (χ3v) is 4.08. The third-order valence-electron chi connectivity index (χ3n) is 3.88. The number of anilines is 1. The van der Waals surface area contributed by atoms with Gasteiger partial charge < -0.3 is 10.1 Å². The molecule has 5 nitrogen and oxygen atoms in total. The van der Waals surface area contributed by atoms with Crippen LogP contribution in [0.1, 0.15) is 17.0 Å². The number of benzene rings is 1. The Hall–Kier alpha value is -1.69. The van der Waals surface area contributed by atoms with Gasteiger partial charge in [-0.3, -0.25) is 4.90 Å². The highest BCUT2D eigenvalue weighted by Crippen LogP contribution is 2.16. The number of hydrogen-bond donors (Lipinski definition) is 1. The van der Waals surface area contributed by atoms with Crippen molar-refractivity contribution < 1.29 is 4.74 Å². The lowest BCUT2D eigenvalue weighted by molar-refractivity contribution is 0.0341. The van der Waals surface area contributed by atoms with E-state index in [9.17, 15) is 0 Å². The van der Waals surface area contributed by atoms with Gasteiger partial charge in [-0.1, -0.05) is 35.9 Å². The number of nitrogens with zero attached hydrogens (tertiary/aromatic N) is 3. The fourth-order valence-corrected chi connectivity index (χ4v) is 2.92. The Morgan fingerprint density at radius 1 is 1.17 bits per heavy atom. The van der Waals surface area contributed by atoms with E-state index < -0.39 is 0 Å². The van der Waals surface area contributed by atoms with Crippen LogP contribution in [-0.2, 0) is 17.8 Å². The van der Waals surface area contributed by atoms with Crippen molar-refractivity contribution in [1.82, 2.24) is 14.9 Å². The Morgan fingerprint density at radius 2 is 1.91 bits per heavy atom. The molecule has 23 heavy (non-hydrogen) atoms. The smallest absolute Gasteiger partial charge is 0.134 e. The summed E-state index contributed by atoms with van der Waals surface area (Å²) in [5.41, 5.74) is 2.60. The van der Waals surface area contributed by atoms with Crippen molar-refractivity contribution >= 4 is 17.4 Å². The first-order valence-corrected chi connectivity index (χ1v) is 8.20. The third kappa shape index (κ3) is 4.64. The molecule has 1 aromatic heterocycles. The first-order chi connectivity index (χ1) is 11.2. The maximum absolute atomic E-state index is 5.98. The molecule has 1 aliphatic heterocycles. The highest BCUT2D eigenvalue weighted by molar-refractivity contribution is 6.29. The number of morpholine rings is 1. The summed E-state index contributed by atoms with van der Waals surface area (Å²) >= 11 is 5.98. The van der Waals surface area contributed by atoms with E-state index >= 15 is 0 Å². The molecule has 1 aliphatic rings. The topological polar surface area (TPSA) is 50.3 Å². The number of hydrogen-bond acceptors (Lipinski definition) is 5. The zero-order valence-corrected chi connectivity index (χ0v) is 14.0. The molecule has 0 atom stereocenters. The average Bonchev–Trinajstić information content (AvgIpc) is 2.54. The molecule has 0 spiro atoms. The van der Waals surface area contributed by atoms with Crippen LogP contribution in [0.25, 0.3) is 0 Å². The molecular formula is C17H21ClN4O. The molecule has 0 amide bonds. The Balaban J connectivity index is 1.67. The van der Waals surface area contributed by atoms with E-state index in [1.54, 1.807) is 6.07 Å². The predicted octanol–water partition coefficient (Wildman–Crippen LogP) is 2.88. The fourth-order valence-electron chi connectivity index (χ4n) is 2.69. The van der Waals surface area contributed by atoms with Crippen LogP contribution in [0, 0.1) is 6.92 Å². The molecule has 0 radical (unpaired) electrons. The number of rotatable bonds is 5. The van der Waals surface area contributed by atoms with Crippen LogP contribution < -0.4 is 5.32 Å². The second kappa shape index (κ2) is 7.73. The summed E-state index contributed by atoms with van der Waals surface area (Å²) in [5, 5.41) is 3.80. The molecule has 0 bridgehead atoms. The van der Waals surface area contributed by atoms with Gasteiger partial charge in [0.25, 0.3) is 0 Å². The van der Waals surface area contributed by atoms with E-state index in [1.165, 1.54) is 11.1 Å². The Bertz CT molecular complexity index is 639. The van der Waals surface area contributed by atoms with E-state index in [0.717, 1.165) is 38.7 Å². The lowest BCUT2D eigenvalue weighted by Gasteiger charge is -2.27. The minimum absolute atomic E-state index is 0.460. The van der Waals surface area contributed by atoms with Crippen LogP contribution in [0.4, 0.5) is 5.82 Å². The molecule has 0 saturated carbocycles. The van der Waals surface area contributed by atoms with Gasteiger partial charge in [0.2, 0.25) is 0 Å². The number of aromatic nitrogens is 2. The standard InChI is InChI=1S/C17H21ClN4O/c1-13-20-16(18)10-17(21-13)19-11-14-4-2-3-5-15(14)12-22-6-8-23-9-7-22/h2-5,10H,6-9,11-12H2,1H3,(H,19,20,21). The molecule has 1 saturated heterocycles. The fraction of sp³-hybridized carbons (Fsp3) is 0.412. The molecule has 122 valence electrons. The summed E-state index contributed by atoms with van der Waals surface area (Å²) in [6, 6.07) is 10.2. The molecule has 2 heterocycles. The van der Waals surface area contributed by atoms with Crippen molar-refractivity contribution in [3.05, 3.63) is 52.4 Å². The van der Waals surface area contributed by atoms with Crippen LogP contribution in [0.3, 0.4) is 0 Å². The lowest BCUT2D eigenvalue weighted by atomic mass is 10.1. The van der Waals surface area contributed by atoms with Crippen molar-refractivity contribution in [2.75, 3.05) is 31.6 Å². The summed E-state index contributed by atoms with van der Waals surface area (Å²) in [6.07, 6.45) is 0. The molecule has 1 aromatic carbocycles. The van der Waals surface area contributed by atoms with Gasteiger partial charge in [-0.2, -0.15) is 0 Å². The van der Waals surface area contributed by atoms with Gasteiger partial charge in [-0.15, -0.1) is 0 Å². The van der Waals surface area contributed by atoms with Gasteiger partial charge in [0.15, 0.2) is 0 Å². The van der Waals surface area contributed by atoms with Crippen LogP contribution in [-0.4, -0.2) is 41.2 Å². The highest BCUT2D eigenvalue weighted by atomic mass is 35.5. The predicted molar refractivity (Wildman–Crippen MR) is 91.6 cm³/mol. The Kier molecular flexibility index (Phi) is 5.43. The lowest BCUT2D eigenvalue weighted by Crippen LogP contribution is -2.35. The monoisotopic (exact) mass is 332 g/mol. The van der Waals surface area contributed by atoms with Gasteiger partial charge in [0.05, 0.1) is 13.2 Å². The summed E-state index contributed by atoms with van der Waals surface area (Å²) < 4.78 is 5.41. The number of ether oxygens (including phenoxy) is 1. The number of aryl methyl sites for hydroxylation is 1. The van der Waals surface area contributed by atoms with Crippen molar-refractivity contribution in [2.24, 2.45) is 0 Å². The minimum atomic E-state index is 0.460. The second-order valence-corrected chi connectivity index (χ2v) is 6.02. The zero-order chi connectivity index (χ0) is 16.1. The highest BCUT2D eigenvalue weighted by Gasteiger charge is 2.12. The van der Waals surface area contributed by atoms with E-state index in [2.05, 4.69) is 44.5 Å². The average molecular weight is 333 g/mol. The first kappa shape index (κ1) is 16.2. The van der Waals surface area contributed by atoms with Crippen molar-refractivity contribution in [3.8, 4) is 0 Å². The summed E-state index contributed by atoms with van der Waals surface area (Å²) in [7, 11) is 0. The van der Waals surface area contributed by atoms with Crippen LogP contribution in [0.2, 0.25) is 5.15 Å². The van der Waals surface area contributed by atoms with Gasteiger partial charge in [0, 0.05) is 32.2 Å². The maximum atomic E-state index is 5.98. The van der Waals surface area contributed by atoms with Crippen LogP contribution in [0.15, 0.2) is 30.3 Å². The van der Waals surface area contributed by atoms with Crippen molar-refractivity contribution in [2.45, 2.75) is 20.0 Å². The Labute approximate surface area is 141 Å². The van der Waals surface area contributed by atoms with E-state index in [1.807, 2.05) is 6.92 Å². The second-order valence-electron chi connectivity index (χ2n) is 5.63. The zero-order valence-electron chi connectivity index (χ0n) is 13.3. The SMILES string of the molecule is Cc1nc(Cl)cc(NCc2ccccc2CN2CCOCC2)n1. The van der Waals surface area contributed by atoms with Crippen LogP contribution in [0.5, 0.6) is 0 Å². The van der Waals surface area contributed by atoms with E-state index in [4.69, 9.17) is 16.3 Å². The summed E-state index contributed by atoms with van der Waals surface area (Å²) in [5.74, 6) is 1.42. The van der Waals surface area contributed by atoms with Gasteiger partial charge in [-0.25, -0.2) is 9.97 Å². The Morgan fingerprint density at radius 3 is 2.65 bits per heavy atom. The summed E-state index contributed by atoms with van der Waals surface area (Å²) in [4.78, 5) is 10.9. The molecule has 6 heteroatoms. The largest absolute Gasteiger partial charge is 0.379 e. The molecular weight excluding hydrogens is 312 g/mol. The quantitative estimate of drug-likeness (QED) is 0.853.